The molecule has 0 saturated carbocycles. The number of carbonyl (C=O) groups excluding carboxylic acids is 2. The van der Waals surface area contributed by atoms with E-state index in [0.717, 1.165) is 0 Å². The van der Waals surface area contributed by atoms with Gasteiger partial charge in [-0.1, -0.05) is 29.3 Å². The predicted molar refractivity (Wildman–Crippen MR) is 61.6 cm³/mol. The highest BCUT2D eigenvalue weighted by atomic mass is 35.5. The van der Waals surface area contributed by atoms with Crippen molar-refractivity contribution >= 4 is 35.0 Å². The molecule has 1 aromatic rings. The first kappa shape index (κ1) is 11.4. The first-order valence-electron chi connectivity index (χ1n) is 4.73. The van der Waals surface area contributed by atoms with Crippen LogP contribution in [0, 0.1) is 0 Å². The molecule has 1 N–H and O–H groups in total. The molecule has 16 heavy (non-hydrogen) atoms. The molecule has 0 aliphatic carbocycles. The van der Waals surface area contributed by atoms with E-state index in [4.69, 9.17) is 23.2 Å². The van der Waals surface area contributed by atoms with Gasteiger partial charge in [-0.2, -0.15) is 0 Å². The summed E-state index contributed by atoms with van der Waals surface area (Å²) in [5, 5.41) is 3.10. The van der Waals surface area contributed by atoms with Gasteiger partial charge in [-0.15, -0.1) is 0 Å². The van der Waals surface area contributed by atoms with Crippen molar-refractivity contribution in [2.24, 2.45) is 0 Å². The molecule has 0 aromatic heterocycles. The van der Waals surface area contributed by atoms with Crippen molar-refractivity contribution in [3.63, 3.8) is 0 Å². The van der Waals surface area contributed by atoms with Gasteiger partial charge in [0.25, 0.3) is 0 Å². The Balaban J connectivity index is 2.47. The Labute approximate surface area is 103 Å². The van der Waals surface area contributed by atoms with Gasteiger partial charge in [0.2, 0.25) is 11.8 Å². The smallest absolute Gasteiger partial charge is 0.237 e. The maximum Gasteiger partial charge on any atom is 0.237 e. The fourth-order valence-corrected chi connectivity index (χ4v) is 2.08. The predicted octanol–water partition coefficient (Wildman–Crippen LogP) is 2.30. The summed E-state index contributed by atoms with van der Waals surface area (Å²) >= 11 is 11.7. The minimum atomic E-state index is -0.842. The second-order valence-electron chi connectivity index (χ2n) is 4.02. The Morgan fingerprint density at radius 1 is 1.25 bits per heavy atom. The summed E-state index contributed by atoms with van der Waals surface area (Å²) in [6.45, 7) is 1.72. The Bertz CT molecular complexity index is 487. The SMILES string of the molecule is CC1(c2ccc(Cl)c(Cl)c2)CC(=O)NC1=O. The molecule has 0 spiro atoms. The fourth-order valence-electron chi connectivity index (χ4n) is 1.78. The highest BCUT2D eigenvalue weighted by molar-refractivity contribution is 6.42. The zero-order valence-electron chi connectivity index (χ0n) is 8.51. The molecule has 1 saturated heterocycles. The van der Waals surface area contributed by atoms with E-state index in [2.05, 4.69) is 5.32 Å². The van der Waals surface area contributed by atoms with Crippen LogP contribution >= 0.6 is 23.2 Å². The van der Waals surface area contributed by atoms with Gasteiger partial charge in [-0.05, 0) is 24.6 Å². The molecule has 0 bridgehead atoms. The second kappa shape index (κ2) is 3.75. The molecule has 1 unspecified atom stereocenters. The van der Waals surface area contributed by atoms with Crippen molar-refractivity contribution in [3.05, 3.63) is 33.8 Å². The molecular weight excluding hydrogens is 249 g/mol. The highest BCUT2D eigenvalue weighted by Gasteiger charge is 2.44. The van der Waals surface area contributed by atoms with E-state index in [-0.39, 0.29) is 18.2 Å². The monoisotopic (exact) mass is 257 g/mol. The number of nitrogens with one attached hydrogen (secondary N) is 1. The van der Waals surface area contributed by atoms with Crippen LogP contribution in [-0.2, 0) is 15.0 Å². The molecule has 3 nitrogen and oxygen atoms in total. The van der Waals surface area contributed by atoms with Crippen LogP contribution in [0.3, 0.4) is 0 Å². The summed E-state index contributed by atoms with van der Waals surface area (Å²) in [6.07, 6.45) is 0.143. The molecule has 0 radical (unpaired) electrons. The van der Waals surface area contributed by atoms with Crippen LogP contribution in [-0.4, -0.2) is 11.8 Å². The summed E-state index contributed by atoms with van der Waals surface area (Å²) in [6, 6.07) is 4.97. The van der Waals surface area contributed by atoms with Gasteiger partial charge in [0.05, 0.1) is 15.5 Å². The average Bonchev–Trinajstić information content (AvgIpc) is 2.46. The molecule has 2 rings (SSSR count). The molecule has 1 aromatic carbocycles. The lowest BCUT2D eigenvalue weighted by atomic mass is 9.81. The maximum absolute atomic E-state index is 11.7. The molecule has 1 atom stereocenters. The number of hydrogen-bond acceptors (Lipinski definition) is 2. The third-order valence-electron chi connectivity index (χ3n) is 2.82. The Morgan fingerprint density at radius 3 is 2.44 bits per heavy atom. The van der Waals surface area contributed by atoms with Gasteiger partial charge in [-0.3, -0.25) is 14.9 Å². The number of benzene rings is 1. The van der Waals surface area contributed by atoms with Gasteiger partial charge in [0, 0.05) is 6.42 Å². The van der Waals surface area contributed by atoms with Crippen LogP contribution in [0.1, 0.15) is 18.9 Å². The van der Waals surface area contributed by atoms with E-state index in [1.807, 2.05) is 0 Å². The van der Waals surface area contributed by atoms with Crippen LogP contribution in [0.5, 0.6) is 0 Å². The lowest BCUT2D eigenvalue weighted by molar-refractivity contribution is -0.126. The molecule has 1 aliphatic rings. The van der Waals surface area contributed by atoms with Crippen molar-refractivity contribution in [3.8, 4) is 0 Å². The van der Waals surface area contributed by atoms with Crippen molar-refractivity contribution in [1.82, 2.24) is 5.32 Å². The topological polar surface area (TPSA) is 46.2 Å². The first-order chi connectivity index (χ1) is 7.43. The maximum atomic E-state index is 11.7. The van der Waals surface area contributed by atoms with E-state index in [1.54, 1.807) is 25.1 Å². The van der Waals surface area contributed by atoms with Gasteiger partial charge in [0.1, 0.15) is 0 Å². The Kier molecular flexibility index (Phi) is 2.68. The van der Waals surface area contributed by atoms with E-state index in [1.165, 1.54) is 0 Å². The van der Waals surface area contributed by atoms with Gasteiger partial charge >= 0.3 is 0 Å². The third kappa shape index (κ3) is 1.70. The molecule has 5 heteroatoms. The van der Waals surface area contributed by atoms with Crippen molar-refractivity contribution in [2.45, 2.75) is 18.8 Å². The second-order valence-corrected chi connectivity index (χ2v) is 4.83. The Morgan fingerprint density at radius 2 is 1.94 bits per heavy atom. The van der Waals surface area contributed by atoms with Crippen molar-refractivity contribution < 1.29 is 9.59 Å². The summed E-state index contributed by atoms with van der Waals surface area (Å²) < 4.78 is 0. The minimum absolute atomic E-state index is 0.143. The third-order valence-corrected chi connectivity index (χ3v) is 3.56. The summed E-state index contributed by atoms with van der Waals surface area (Å²) in [5.74, 6) is -0.561. The standard InChI is InChI=1S/C11H9Cl2NO2/c1-11(5-9(15)14-10(11)16)6-2-3-7(12)8(13)4-6/h2-4H,5H2,1H3,(H,14,15,16). The lowest BCUT2D eigenvalue weighted by Gasteiger charge is -2.20. The quantitative estimate of drug-likeness (QED) is 0.785. The zero-order chi connectivity index (χ0) is 11.9. The number of rotatable bonds is 1. The molecule has 84 valence electrons. The van der Waals surface area contributed by atoms with Crippen LogP contribution in [0.4, 0.5) is 0 Å². The highest BCUT2D eigenvalue weighted by Crippen LogP contribution is 2.35. The largest absolute Gasteiger partial charge is 0.296 e. The Hall–Kier alpha value is -1.06. The number of carbonyl (C=O) groups is 2. The van der Waals surface area contributed by atoms with Crippen molar-refractivity contribution in [2.75, 3.05) is 0 Å². The summed E-state index contributed by atoms with van der Waals surface area (Å²) in [4.78, 5) is 22.9. The molecule has 1 heterocycles. The number of amides is 2. The normalized spacial score (nSPS) is 24.7. The van der Waals surface area contributed by atoms with Gasteiger partial charge < -0.3 is 0 Å². The minimum Gasteiger partial charge on any atom is -0.296 e. The lowest BCUT2D eigenvalue weighted by Crippen LogP contribution is -2.32. The molecule has 2 amide bonds. The van der Waals surface area contributed by atoms with Crippen molar-refractivity contribution in [1.29, 1.82) is 0 Å². The number of imide groups is 1. The van der Waals surface area contributed by atoms with E-state index in [9.17, 15) is 9.59 Å². The van der Waals surface area contributed by atoms with Gasteiger partial charge in [-0.25, -0.2) is 0 Å². The van der Waals surface area contributed by atoms with Gasteiger partial charge in [0.15, 0.2) is 0 Å². The van der Waals surface area contributed by atoms with Crippen LogP contribution in [0.15, 0.2) is 18.2 Å². The average molecular weight is 258 g/mol. The number of hydrogen-bond donors (Lipinski definition) is 1. The van der Waals surface area contributed by atoms with E-state index in [0.29, 0.717) is 15.6 Å². The van der Waals surface area contributed by atoms with Crippen LogP contribution in [0.25, 0.3) is 0 Å². The van der Waals surface area contributed by atoms with E-state index < -0.39 is 5.41 Å². The molecular formula is C11H9Cl2NO2. The summed E-state index contributed by atoms with van der Waals surface area (Å²) in [5.41, 5.74) is -0.143. The summed E-state index contributed by atoms with van der Waals surface area (Å²) in [7, 11) is 0. The first-order valence-corrected chi connectivity index (χ1v) is 5.49. The van der Waals surface area contributed by atoms with Crippen LogP contribution in [0.2, 0.25) is 10.0 Å². The molecule has 1 aliphatic heterocycles. The van der Waals surface area contributed by atoms with Crippen LogP contribution < -0.4 is 5.32 Å². The molecule has 1 fully saturated rings. The fraction of sp³-hybridized carbons (Fsp3) is 0.273. The van der Waals surface area contributed by atoms with E-state index >= 15 is 0 Å². The zero-order valence-corrected chi connectivity index (χ0v) is 10.0. The number of halogens is 2.